The first-order chi connectivity index (χ1) is 8.25. The zero-order valence-corrected chi connectivity index (χ0v) is 10.4. The first-order valence-electron chi connectivity index (χ1n) is 6.41. The van der Waals surface area contributed by atoms with Crippen molar-refractivity contribution < 1.29 is 9.26 Å². The fourth-order valence-electron chi connectivity index (χ4n) is 2.06. The molecule has 1 fully saturated rings. The highest BCUT2D eigenvalue weighted by molar-refractivity contribution is 4.96. The highest BCUT2D eigenvalue weighted by atomic mass is 16.5. The van der Waals surface area contributed by atoms with E-state index in [-0.39, 0.29) is 6.04 Å². The number of ether oxygens (including phenoxy) is 1. The van der Waals surface area contributed by atoms with Gasteiger partial charge in [-0.05, 0) is 32.6 Å². The molecule has 1 aliphatic heterocycles. The molecule has 0 spiro atoms. The molecule has 2 N–H and O–H groups in total. The van der Waals surface area contributed by atoms with E-state index in [1.807, 2.05) is 6.92 Å². The molecule has 0 bridgehead atoms. The monoisotopic (exact) mass is 239 g/mol. The Morgan fingerprint density at radius 3 is 3.12 bits per heavy atom. The van der Waals surface area contributed by atoms with Crippen LogP contribution in [0.15, 0.2) is 4.52 Å². The van der Waals surface area contributed by atoms with Gasteiger partial charge in [0.2, 0.25) is 5.89 Å². The van der Waals surface area contributed by atoms with Crippen LogP contribution in [0.2, 0.25) is 0 Å². The van der Waals surface area contributed by atoms with Crippen LogP contribution >= 0.6 is 0 Å². The zero-order valence-electron chi connectivity index (χ0n) is 10.4. The predicted molar refractivity (Wildman–Crippen MR) is 63.7 cm³/mol. The molecule has 2 rings (SSSR count). The van der Waals surface area contributed by atoms with Gasteiger partial charge in [-0.1, -0.05) is 5.16 Å². The van der Waals surface area contributed by atoms with Gasteiger partial charge in [0.25, 0.3) is 0 Å². The SMILES string of the molecule is CC(N)CCCc1nc(C2CCCOC2)no1. The summed E-state index contributed by atoms with van der Waals surface area (Å²) in [5.74, 6) is 1.85. The van der Waals surface area contributed by atoms with Gasteiger partial charge in [-0.25, -0.2) is 0 Å². The van der Waals surface area contributed by atoms with Crippen LogP contribution in [-0.2, 0) is 11.2 Å². The molecule has 0 aliphatic carbocycles. The van der Waals surface area contributed by atoms with E-state index in [2.05, 4.69) is 10.1 Å². The van der Waals surface area contributed by atoms with E-state index < -0.39 is 0 Å². The van der Waals surface area contributed by atoms with Crippen LogP contribution < -0.4 is 5.73 Å². The van der Waals surface area contributed by atoms with Crippen molar-refractivity contribution in [3.05, 3.63) is 11.7 Å². The number of rotatable bonds is 5. The second-order valence-electron chi connectivity index (χ2n) is 4.83. The number of nitrogens with zero attached hydrogens (tertiary/aromatic N) is 2. The Bertz CT molecular complexity index is 332. The van der Waals surface area contributed by atoms with Crippen molar-refractivity contribution in [2.24, 2.45) is 5.73 Å². The molecule has 2 unspecified atom stereocenters. The van der Waals surface area contributed by atoms with Crippen molar-refractivity contribution in [3.63, 3.8) is 0 Å². The Morgan fingerprint density at radius 1 is 1.53 bits per heavy atom. The maximum atomic E-state index is 5.70. The van der Waals surface area contributed by atoms with Crippen LogP contribution in [0.4, 0.5) is 0 Å². The van der Waals surface area contributed by atoms with Gasteiger partial charge < -0.3 is 15.0 Å². The Balaban J connectivity index is 1.82. The summed E-state index contributed by atoms with van der Waals surface area (Å²) in [6, 6.07) is 0.240. The van der Waals surface area contributed by atoms with Gasteiger partial charge in [0.1, 0.15) is 0 Å². The summed E-state index contributed by atoms with van der Waals surface area (Å²) in [5.41, 5.74) is 5.70. The Labute approximate surface area is 102 Å². The molecular formula is C12H21N3O2. The molecule has 0 amide bonds. The minimum atomic E-state index is 0.240. The molecule has 1 aliphatic rings. The van der Waals surface area contributed by atoms with E-state index in [4.69, 9.17) is 15.0 Å². The predicted octanol–water partition coefficient (Wildman–Crippen LogP) is 1.63. The molecule has 2 atom stereocenters. The summed E-state index contributed by atoms with van der Waals surface area (Å²) in [6.07, 6.45) is 4.99. The van der Waals surface area contributed by atoms with E-state index in [0.717, 1.165) is 57.0 Å². The quantitative estimate of drug-likeness (QED) is 0.845. The highest BCUT2D eigenvalue weighted by Crippen LogP contribution is 2.23. The van der Waals surface area contributed by atoms with E-state index in [0.29, 0.717) is 5.92 Å². The number of hydrogen-bond donors (Lipinski definition) is 1. The largest absolute Gasteiger partial charge is 0.381 e. The summed E-state index contributed by atoms with van der Waals surface area (Å²) in [6.45, 7) is 3.59. The van der Waals surface area contributed by atoms with E-state index in [9.17, 15) is 0 Å². The number of aryl methyl sites for hydroxylation is 1. The smallest absolute Gasteiger partial charge is 0.226 e. The lowest BCUT2D eigenvalue weighted by Crippen LogP contribution is -2.16. The van der Waals surface area contributed by atoms with Gasteiger partial charge in [0, 0.05) is 25.0 Å². The normalized spacial score (nSPS) is 22.6. The third kappa shape index (κ3) is 3.78. The summed E-state index contributed by atoms with van der Waals surface area (Å²) < 4.78 is 10.7. The van der Waals surface area contributed by atoms with Crippen molar-refractivity contribution in [1.82, 2.24) is 10.1 Å². The van der Waals surface area contributed by atoms with Gasteiger partial charge in [-0.3, -0.25) is 0 Å². The molecule has 0 aromatic carbocycles. The van der Waals surface area contributed by atoms with Crippen LogP contribution in [0.5, 0.6) is 0 Å². The summed E-state index contributed by atoms with van der Waals surface area (Å²) >= 11 is 0. The van der Waals surface area contributed by atoms with Gasteiger partial charge in [0.05, 0.1) is 6.61 Å². The van der Waals surface area contributed by atoms with Crippen LogP contribution in [0.1, 0.15) is 50.2 Å². The number of nitrogens with two attached hydrogens (primary N) is 1. The second kappa shape index (κ2) is 6.12. The molecule has 0 radical (unpaired) electrons. The van der Waals surface area contributed by atoms with Crippen molar-refractivity contribution in [2.75, 3.05) is 13.2 Å². The maximum Gasteiger partial charge on any atom is 0.226 e. The van der Waals surface area contributed by atoms with Crippen molar-refractivity contribution in [3.8, 4) is 0 Å². The molecule has 5 nitrogen and oxygen atoms in total. The number of hydrogen-bond acceptors (Lipinski definition) is 5. The fourth-order valence-corrected chi connectivity index (χ4v) is 2.06. The Hall–Kier alpha value is -0.940. The van der Waals surface area contributed by atoms with Crippen molar-refractivity contribution in [2.45, 2.75) is 51.0 Å². The molecule has 1 aromatic rings. The lowest BCUT2D eigenvalue weighted by molar-refractivity contribution is 0.0773. The summed E-state index contributed by atoms with van der Waals surface area (Å²) in [4.78, 5) is 4.43. The Kier molecular flexibility index (Phi) is 4.50. The molecular weight excluding hydrogens is 218 g/mol. The first-order valence-corrected chi connectivity index (χ1v) is 6.41. The third-order valence-electron chi connectivity index (χ3n) is 3.06. The molecule has 2 heterocycles. The Morgan fingerprint density at radius 2 is 2.41 bits per heavy atom. The van der Waals surface area contributed by atoms with Gasteiger partial charge in [-0.2, -0.15) is 4.98 Å². The minimum absolute atomic E-state index is 0.240. The van der Waals surface area contributed by atoms with Gasteiger partial charge in [-0.15, -0.1) is 0 Å². The molecule has 5 heteroatoms. The first kappa shape index (κ1) is 12.5. The van der Waals surface area contributed by atoms with E-state index in [1.165, 1.54) is 0 Å². The van der Waals surface area contributed by atoms with Gasteiger partial charge >= 0.3 is 0 Å². The lowest BCUT2D eigenvalue weighted by atomic mass is 10.0. The van der Waals surface area contributed by atoms with Crippen LogP contribution in [0, 0.1) is 0 Å². The van der Waals surface area contributed by atoms with Crippen LogP contribution in [0.3, 0.4) is 0 Å². The summed E-state index contributed by atoms with van der Waals surface area (Å²) in [5, 5.41) is 4.04. The maximum absolute atomic E-state index is 5.70. The molecule has 1 saturated heterocycles. The van der Waals surface area contributed by atoms with Crippen molar-refractivity contribution >= 4 is 0 Å². The average Bonchev–Trinajstić information content (AvgIpc) is 2.78. The zero-order chi connectivity index (χ0) is 12.1. The van der Waals surface area contributed by atoms with Gasteiger partial charge in [0.15, 0.2) is 5.82 Å². The second-order valence-corrected chi connectivity index (χ2v) is 4.83. The minimum Gasteiger partial charge on any atom is -0.381 e. The number of aromatic nitrogens is 2. The fraction of sp³-hybridized carbons (Fsp3) is 0.833. The van der Waals surface area contributed by atoms with Crippen LogP contribution in [-0.4, -0.2) is 29.4 Å². The van der Waals surface area contributed by atoms with E-state index in [1.54, 1.807) is 0 Å². The topological polar surface area (TPSA) is 74.2 Å². The van der Waals surface area contributed by atoms with Crippen LogP contribution in [0.25, 0.3) is 0 Å². The highest BCUT2D eigenvalue weighted by Gasteiger charge is 2.21. The third-order valence-corrected chi connectivity index (χ3v) is 3.06. The van der Waals surface area contributed by atoms with Crippen molar-refractivity contribution in [1.29, 1.82) is 0 Å². The van der Waals surface area contributed by atoms with E-state index >= 15 is 0 Å². The average molecular weight is 239 g/mol. The molecule has 96 valence electrons. The standard InChI is InChI=1S/C12H21N3O2/c1-9(13)4-2-6-11-14-12(15-17-11)10-5-3-7-16-8-10/h9-10H,2-8,13H2,1H3. The molecule has 0 saturated carbocycles. The summed E-state index contributed by atoms with van der Waals surface area (Å²) in [7, 11) is 0. The molecule has 17 heavy (non-hydrogen) atoms. The molecule has 1 aromatic heterocycles. The lowest BCUT2D eigenvalue weighted by Gasteiger charge is -2.18.